The molecule has 0 saturated heterocycles. The highest BCUT2D eigenvalue weighted by Crippen LogP contribution is 2.16. The van der Waals surface area contributed by atoms with Gasteiger partial charge in [0.25, 0.3) is 0 Å². The van der Waals surface area contributed by atoms with Gasteiger partial charge in [-0.2, -0.15) is 8.78 Å². The molecule has 0 bridgehead atoms. The standard InChI is InChI=1S/C4H8BrF2NO/c5-3-4(6,7)9-2-1-8/h1-3,8H2. The van der Waals surface area contributed by atoms with Crippen molar-refractivity contribution in [2.45, 2.75) is 6.11 Å². The Morgan fingerprint density at radius 3 is 2.44 bits per heavy atom. The number of hydrogen-bond acceptors (Lipinski definition) is 2. The fraction of sp³-hybridized carbons (Fsp3) is 1.00. The van der Waals surface area contributed by atoms with E-state index in [1.54, 1.807) is 0 Å². The fourth-order valence-electron chi connectivity index (χ4n) is 0.247. The Hall–Kier alpha value is 0.260. The average Bonchev–Trinajstić information content (AvgIpc) is 1.84. The lowest BCUT2D eigenvalue weighted by molar-refractivity contribution is -0.217. The molecule has 5 heteroatoms. The topological polar surface area (TPSA) is 35.2 Å². The van der Waals surface area contributed by atoms with Crippen LogP contribution in [0.1, 0.15) is 0 Å². The molecule has 0 spiro atoms. The first-order chi connectivity index (χ1) is 4.12. The number of alkyl halides is 3. The summed E-state index contributed by atoms with van der Waals surface area (Å²) in [5.41, 5.74) is 4.92. The molecule has 0 aromatic heterocycles. The van der Waals surface area contributed by atoms with Gasteiger partial charge in [0.05, 0.1) is 11.9 Å². The zero-order valence-electron chi connectivity index (χ0n) is 4.74. The quantitative estimate of drug-likeness (QED) is 0.692. The summed E-state index contributed by atoms with van der Waals surface area (Å²) < 4.78 is 28.1. The fourth-order valence-corrected chi connectivity index (χ4v) is 0.409. The summed E-state index contributed by atoms with van der Waals surface area (Å²) in [5, 5.41) is -0.486. The molecule has 0 saturated carbocycles. The average molecular weight is 204 g/mol. The van der Waals surface area contributed by atoms with Crippen molar-refractivity contribution in [1.82, 2.24) is 0 Å². The van der Waals surface area contributed by atoms with Crippen LogP contribution in [-0.2, 0) is 4.74 Å². The molecule has 0 aliphatic rings. The number of halogens is 3. The lowest BCUT2D eigenvalue weighted by Crippen LogP contribution is -2.25. The molecule has 0 aromatic carbocycles. The van der Waals surface area contributed by atoms with Crippen molar-refractivity contribution >= 4 is 15.9 Å². The van der Waals surface area contributed by atoms with Crippen molar-refractivity contribution in [3.05, 3.63) is 0 Å². The Kier molecular flexibility index (Phi) is 4.26. The molecule has 0 aliphatic heterocycles. The van der Waals surface area contributed by atoms with Crippen molar-refractivity contribution in [3.63, 3.8) is 0 Å². The second kappa shape index (κ2) is 4.14. The molecular formula is C4H8BrF2NO. The maximum atomic E-state index is 12.0. The minimum absolute atomic E-state index is 0.113. The molecule has 0 atom stereocenters. The van der Waals surface area contributed by atoms with E-state index in [0.29, 0.717) is 0 Å². The predicted molar refractivity (Wildman–Crippen MR) is 33.7 cm³/mol. The van der Waals surface area contributed by atoms with Gasteiger partial charge in [0.1, 0.15) is 0 Å². The third-order valence-corrected chi connectivity index (χ3v) is 1.24. The highest BCUT2D eigenvalue weighted by Gasteiger charge is 2.27. The van der Waals surface area contributed by atoms with Crippen LogP contribution in [0.5, 0.6) is 0 Å². The van der Waals surface area contributed by atoms with E-state index in [-0.39, 0.29) is 13.2 Å². The largest absolute Gasteiger partial charge is 0.365 e. The van der Waals surface area contributed by atoms with Gasteiger partial charge in [-0.15, -0.1) is 0 Å². The van der Waals surface area contributed by atoms with E-state index >= 15 is 0 Å². The summed E-state index contributed by atoms with van der Waals surface area (Å²) >= 11 is 2.59. The third kappa shape index (κ3) is 4.74. The third-order valence-electron chi connectivity index (χ3n) is 0.587. The maximum absolute atomic E-state index is 12.0. The minimum atomic E-state index is -3.07. The van der Waals surface area contributed by atoms with Crippen molar-refractivity contribution in [2.75, 3.05) is 18.5 Å². The second-order valence-electron chi connectivity index (χ2n) is 1.41. The number of ether oxygens (including phenoxy) is 1. The summed E-state index contributed by atoms with van der Waals surface area (Å²) in [5.74, 6) is 0. The van der Waals surface area contributed by atoms with Gasteiger partial charge in [-0.05, 0) is 0 Å². The van der Waals surface area contributed by atoms with Crippen LogP contribution in [0.25, 0.3) is 0 Å². The van der Waals surface area contributed by atoms with Gasteiger partial charge < -0.3 is 10.5 Å². The second-order valence-corrected chi connectivity index (χ2v) is 1.97. The zero-order valence-corrected chi connectivity index (χ0v) is 6.33. The molecule has 2 nitrogen and oxygen atoms in total. The van der Waals surface area contributed by atoms with Crippen LogP contribution in [-0.4, -0.2) is 24.6 Å². The molecule has 9 heavy (non-hydrogen) atoms. The zero-order chi connectivity index (χ0) is 7.33. The highest BCUT2D eigenvalue weighted by atomic mass is 79.9. The SMILES string of the molecule is NCCOC(F)(F)CBr. The van der Waals surface area contributed by atoms with Gasteiger partial charge in [-0.1, -0.05) is 15.9 Å². The lowest BCUT2D eigenvalue weighted by Gasteiger charge is -2.11. The van der Waals surface area contributed by atoms with E-state index in [9.17, 15) is 8.78 Å². The van der Waals surface area contributed by atoms with Crippen molar-refractivity contribution < 1.29 is 13.5 Å². The van der Waals surface area contributed by atoms with Crippen LogP contribution in [0.4, 0.5) is 8.78 Å². The van der Waals surface area contributed by atoms with Gasteiger partial charge >= 0.3 is 6.11 Å². The maximum Gasteiger partial charge on any atom is 0.365 e. The minimum Gasteiger partial charge on any atom is -0.328 e. The molecule has 56 valence electrons. The van der Waals surface area contributed by atoms with E-state index in [4.69, 9.17) is 5.73 Å². The van der Waals surface area contributed by atoms with E-state index in [0.717, 1.165) is 0 Å². The molecule has 0 unspecified atom stereocenters. The Bertz CT molecular complexity index is 81.0. The van der Waals surface area contributed by atoms with Gasteiger partial charge in [-0.25, -0.2) is 0 Å². The van der Waals surface area contributed by atoms with E-state index in [1.165, 1.54) is 0 Å². The molecule has 0 radical (unpaired) electrons. The molecule has 0 aliphatic carbocycles. The summed E-state index contributed by atoms with van der Waals surface area (Å²) in [6.07, 6.45) is -3.07. The van der Waals surface area contributed by atoms with Crippen LogP contribution < -0.4 is 5.73 Å². The first-order valence-corrected chi connectivity index (χ1v) is 3.52. The molecule has 2 N–H and O–H groups in total. The predicted octanol–water partition coefficient (Wildman–Crippen LogP) is 0.949. The highest BCUT2D eigenvalue weighted by molar-refractivity contribution is 9.09. The van der Waals surface area contributed by atoms with Gasteiger partial charge in [0.15, 0.2) is 0 Å². The summed E-state index contributed by atoms with van der Waals surface area (Å²) in [6, 6.07) is 0. The summed E-state index contributed by atoms with van der Waals surface area (Å²) in [4.78, 5) is 0. The van der Waals surface area contributed by atoms with Gasteiger partial charge in [0, 0.05) is 6.54 Å². The Morgan fingerprint density at radius 2 is 2.11 bits per heavy atom. The van der Waals surface area contributed by atoms with Crippen molar-refractivity contribution in [2.24, 2.45) is 5.73 Å². The number of hydrogen-bond donors (Lipinski definition) is 1. The first-order valence-electron chi connectivity index (χ1n) is 2.40. The molecule has 0 rings (SSSR count). The lowest BCUT2D eigenvalue weighted by atomic mass is 10.7. The number of nitrogens with two attached hydrogens (primary N) is 1. The van der Waals surface area contributed by atoms with Gasteiger partial charge in [-0.3, -0.25) is 0 Å². The molecule has 0 fully saturated rings. The molecule has 0 aromatic rings. The molecule has 0 heterocycles. The van der Waals surface area contributed by atoms with Crippen LogP contribution in [0.15, 0.2) is 0 Å². The monoisotopic (exact) mass is 203 g/mol. The molecular weight excluding hydrogens is 196 g/mol. The Labute approximate surface area is 60.5 Å². The van der Waals surface area contributed by atoms with Gasteiger partial charge in [0.2, 0.25) is 0 Å². The van der Waals surface area contributed by atoms with E-state index in [2.05, 4.69) is 20.7 Å². The van der Waals surface area contributed by atoms with Crippen LogP contribution in [0, 0.1) is 0 Å². The number of rotatable bonds is 4. The van der Waals surface area contributed by atoms with Crippen molar-refractivity contribution in [1.29, 1.82) is 0 Å². The van der Waals surface area contributed by atoms with Crippen LogP contribution in [0.2, 0.25) is 0 Å². The van der Waals surface area contributed by atoms with E-state index in [1.807, 2.05) is 0 Å². The first kappa shape index (κ1) is 9.26. The Morgan fingerprint density at radius 1 is 1.56 bits per heavy atom. The molecule has 0 amide bonds. The normalized spacial score (nSPS) is 12.0. The summed E-state index contributed by atoms with van der Waals surface area (Å²) in [7, 11) is 0. The van der Waals surface area contributed by atoms with E-state index < -0.39 is 11.4 Å². The van der Waals surface area contributed by atoms with Crippen molar-refractivity contribution in [3.8, 4) is 0 Å². The van der Waals surface area contributed by atoms with Crippen LogP contribution >= 0.6 is 15.9 Å². The smallest absolute Gasteiger partial charge is 0.328 e. The summed E-state index contributed by atoms with van der Waals surface area (Å²) in [6.45, 7) is 0.00118. The Balaban J connectivity index is 3.33. The van der Waals surface area contributed by atoms with Crippen LogP contribution in [0.3, 0.4) is 0 Å².